The molecule has 0 saturated heterocycles. The van der Waals surface area contributed by atoms with Crippen LogP contribution in [0.5, 0.6) is 5.75 Å². The quantitative estimate of drug-likeness (QED) is 0.398. The van der Waals surface area contributed by atoms with E-state index in [0.29, 0.717) is 16.7 Å². The minimum atomic E-state index is -0.458. The van der Waals surface area contributed by atoms with Crippen molar-refractivity contribution in [2.75, 3.05) is 0 Å². The fourth-order valence-corrected chi connectivity index (χ4v) is 2.03. The van der Waals surface area contributed by atoms with Gasteiger partial charge in [-0.05, 0) is 42.3 Å². The Balaban J connectivity index is 2.24. The van der Waals surface area contributed by atoms with Crippen LogP contribution in [0.1, 0.15) is 12.5 Å². The molecule has 23 heavy (non-hydrogen) atoms. The van der Waals surface area contributed by atoms with E-state index in [0.717, 1.165) is 5.56 Å². The van der Waals surface area contributed by atoms with Crippen LogP contribution in [0.25, 0.3) is 17.2 Å². The number of halogens is 1. The summed E-state index contributed by atoms with van der Waals surface area (Å²) in [5, 5.41) is 18.7. The number of benzene rings is 2. The van der Waals surface area contributed by atoms with E-state index in [-0.39, 0.29) is 5.75 Å². The minimum Gasteiger partial charge on any atom is -0.508 e. The normalized spacial score (nSPS) is 11.1. The van der Waals surface area contributed by atoms with E-state index in [4.69, 9.17) is 11.1 Å². The molecule has 0 saturated carbocycles. The highest BCUT2D eigenvalue weighted by atomic mass is 19.1. The Morgan fingerprint density at radius 1 is 1.26 bits per heavy atom. The third kappa shape index (κ3) is 4.16. The Morgan fingerprint density at radius 2 is 1.91 bits per heavy atom. The van der Waals surface area contributed by atoms with Gasteiger partial charge in [0.05, 0.1) is 0 Å². The zero-order chi connectivity index (χ0) is 17.0. The van der Waals surface area contributed by atoms with Gasteiger partial charge < -0.3 is 10.8 Å². The molecule has 0 atom stereocenters. The number of rotatable bonds is 3. The van der Waals surface area contributed by atoms with Gasteiger partial charge in [-0.25, -0.2) is 4.39 Å². The zero-order valence-corrected chi connectivity index (χ0v) is 12.4. The number of phenolic OH excluding ortho intramolecular Hbond substituents is 1. The molecule has 2 rings (SSSR count). The van der Waals surface area contributed by atoms with Crippen LogP contribution in [0.4, 0.5) is 4.39 Å². The standard InChI is InChI=1S/C17H16FN3O2/c1-10(16(23)21-17(19)20)8-11-2-4-12(5-3-11)14-9-13(22)6-7-15(14)18/h2-9,22H,1H3,(H4,19,20,21,23)/b10-8+. The van der Waals surface area contributed by atoms with Crippen LogP contribution in [0.2, 0.25) is 0 Å². The lowest BCUT2D eigenvalue weighted by atomic mass is 10.0. The van der Waals surface area contributed by atoms with Crippen LogP contribution in [-0.4, -0.2) is 17.0 Å². The second-order valence-corrected chi connectivity index (χ2v) is 4.98. The van der Waals surface area contributed by atoms with Gasteiger partial charge in [0.1, 0.15) is 11.6 Å². The van der Waals surface area contributed by atoms with Crippen molar-refractivity contribution in [3.63, 3.8) is 0 Å². The maximum Gasteiger partial charge on any atom is 0.253 e. The molecule has 0 bridgehead atoms. The molecule has 1 amide bonds. The number of nitrogens with two attached hydrogens (primary N) is 1. The average molecular weight is 313 g/mol. The third-order valence-electron chi connectivity index (χ3n) is 3.16. The number of hydrogen-bond acceptors (Lipinski definition) is 3. The molecule has 0 heterocycles. The van der Waals surface area contributed by atoms with Crippen molar-refractivity contribution < 1.29 is 14.3 Å². The van der Waals surface area contributed by atoms with Gasteiger partial charge in [0.25, 0.3) is 5.91 Å². The number of nitrogens with one attached hydrogen (secondary N) is 2. The number of carbonyl (C=O) groups excluding carboxylic acids is 1. The predicted molar refractivity (Wildman–Crippen MR) is 87.2 cm³/mol. The number of guanidine groups is 1. The van der Waals surface area contributed by atoms with E-state index >= 15 is 0 Å². The lowest BCUT2D eigenvalue weighted by Gasteiger charge is -2.06. The van der Waals surface area contributed by atoms with Gasteiger partial charge in [-0.1, -0.05) is 24.3 Å². The van der Waals surface area contributed by atoms with Crippen LogP contribution < -0.4 is 11.1 Å². The summed E-state index contributed by atoms with van der Waals surface area (Å²) in [6, 6.07) is 10.7. The van der Waals surface area contributed by atoms with Crippen molar-refractivity contribution in [1.29, 1.82) is 5.41 Å². The van der Waals surface area contributed by atoms with Crippen molar-refractivity contribution in [1.82, 2.24) is 5.32 Å². The molecule has 118 valence electrons. The molecule has 0 aliphatic rings. The average Bonchev–Trinajstić information content (AvgIpc) is 2.50. The predicted octanol–water partition coefficient (Wildman–Crippen LogP) is 2.61. The number of carbonyl (C=O) groups is 1. The Morgan fingerprint density at radius 3 is 2.52 bits per heavy atom. The molecule has 6 heteroatoms. The fraction of sp³-hybridized carbons (Fsp3) is 0.0588. The molecule has 2 aromatic carbocycles. The topological polar surface area (TPSA) is 99.2 Å². The van der Waals surface area contributed by atoms with Crippen LogP contribution in [-0.2, 0) is 4.79 Å². The summed E-state index contributed by atoms with van der Waals surface area (Å²) in [6.45, 7) is 1.60. The molecule has 2 aromatic rings. The molecule has 5 nitrogen and oxygen atoms in total. The number of hydrogen-bond donors (Lipinski definition) is 4. The van der Waals surface area contributed by atoms with Crippen molar-refractivity contribution in [2.24, 2.45) is 5.73 Å². The fourth-order valence-electron chi connectivity index (χ4n) is 2.03. The smallest absolute Gasteiger partial charge is 0.253 e. The third-order valence-corrected chi connectivity index (χ3v) is 3.16. The molecule has 0 spiro atoms. The Hall–Kier alpha value is -3.15. The molecule has 0 radical (unpaired) electrons. The summed E-state index contributed by atoms with van der Waals surface area (Å²) in [4.78, 5) is 11.7. The highest BCUT2D eigenvalue weighted by molar-refractivity contribution is 6.06. The number of aromatic hydroxyl groups is 1. The van der Waals surface area contributed by atoms with E-state index in [1.807, 2.05) is 0 Å². The largest absolute Gasteiger partial charge is 0.508 e. The van der Waals surface area contributed by atoms with Crippen LogP contribution in [0.15, 0.2) is 48.0 Å². The van der Waals surface area contributed by atoms with Crippen molar-refractivity contribution >= 4 is 17.9 Å². The second kappa shape index (κ2) is 6.74. The zero-order valence-electron chi connectivity index (χ0n) is 12.4. The molecule has 0 aliphatic carbocycles. The van der Waals surface area contributed by atoms with Crippen molar-refractivity contribution in [2.45, 2.75) is 6.92 Å². The van der Waals surface area contributed by atoms with E-state index in [9.17, 15) is 14.3 Å². The van der Waals surface area contributed by atoms with Crippen molar-refractivity contribution in [3.05, 3.63) is 59.4 Å². The number of amides is 1. The second-order valence-electron chi connectivity index (χ2n) is 4.98. The first-order chi connectivity index (χ1) is 10.9. The Bertz CT molecular complexity index is 783. The van der Waals surface area contributed by atoms with Crippen LogP contribution in [0, 0.1) is 11.2 Å². The highest BCUT2D eigenvalue weighted by Crippen LogP contribution is 2.27. The Kier molecular flexibility index (Phi) is 4.75. The van der Waals surface area contributed by atoms with Gasteiger partial charge >= 0.3 is 0 Å². The van der Waals surface area contributed by atoms with Gasteiger partial charge in [-0.3, -0.25) is 15.5 Å². The minimum absolute atomic E-state index is 0.0119. The summed E-state index contributed by atoms with van der Waals surface area (Å²) < 4.78 is 13.8. The van der Waals surface area contributed by atoms with E-state index in [1.165, 1.54) is 18.2 Å². The molecule has 0 aliphatic heterocycles. The van der Waals surface area contributed by atoms with Gasteiger partial charge in [0, 0.05) is 11.1 Å². The van der Waals surface area contributed by atoms with E-state index < -0.39 is 17.7 Å². The summed E-state index contributed by atoms with van der Waals surface area (Å²) >= 11 is 0. The molecular formula is C17H16FN3O2. The molecule has 0 unspecified atom stereocenters. The first-order valence-electron chi connectivity index (χ1n) is 6.79. The first-order valence-corrected chi connectivity index (χ1v) is 6.79. The Labute approximate surface area is 132 Å². The first kappa shape index (κ1) is 16.2. The maximum atomic E-state index is 13.8. The van der Waals surface area contributed by atoms with Gasteiger partial charge in [0.15, 0.2) is 5.96 Å². The van der Waals surface area contributed by atoms with Gasteiger partial charge in [0.2, 0.25) is 0 Å². The van der Waals surface area contributed by atoms with Crippen molar-refractivity contribution in [3.8, 4) is 16.9 Å². The number of phenols is 1. The molecule has 0 aromatic heterocycles. The summed E-state index contributed by atoms with van der Waals surface area (Å²) in [5.74, 6) is -1.32. The summed E-state index contributed by atoms with van der Waals surface area (Å²) in [7, 11) is 0. The maximum absolute atomic E-state index is 13.8. The lowest BCUT2D eigenvalue weighted by Crippen LogP contribution is -2.36. The monoisotopic (exact) mass is 313 g/mol. The van der Waals surface area contributed by atoms with Crippen LogP contribution >= 0.6 is 0 Å². The molecule has 0 fully saturated rings. The van der Waals surface area contributed by atoms with Gasteiger partial charge in [-0.15, -0.1) is 0 Å². The lowest BCUT2D eigenvalue weighted by molar-refractivity contribution is -0.116. The SMILES string of the molecule is C/C(=C\c1ccc(-c2cc(O)ccc2F)cc1)C(=O)NC(=N)N. The summed E-state index contributed by atoms with van der Waals surface area (Å²) in [6.07, 6.45) is 1.63. The highest BCUT2D eigenvalue weighted by Gasteiger charge is 2.07. The van der Waals surface area contributed by atoms with E-state index in [1.54, 1.807) is 37.3 Å². The molecular weight excluding hydrogens is 297 g/mol. The van der Waals surface area contributed by atoms with Gasteiger partial charge in [-0.2, -0.15) is 0 Å². The molecule has 5 N–H and O–H groups in total. The van der Waals surface area contributed by atoms with E-state index in [2.05, 4.69) is 5.32 Å². The van der Waals surface area contributed by atoms with Crippen LogP contribution in [0.3, 0.4) is 0 Å². The summed E-state index contributed by atoms with van der Waals surface area (Å²) in [5.41, 5.74) is 7.14.